The van der Waals surface area contributed by atoms with Gasteiger partial charge in [0, 0.05) is 11.2 Å². The molecule has 0 saturated carbocycles. The van der Waals surface area contributed by atoms with Crippen LogP contribution < -0.4 is 11.2 Å². The summed E-state index contributed by atoms with van der Waals surface area (Å²) in [7, 11) is 0.799. The summed E-state index contributed by atoms with van der Waals surface area (Å²) in [6, 6.07) is 4.97. The number of nitrogen functional groups attached to an aromatic ring is 1. The summed E-state index contributed by atoms with van der Waals surface area (Å²) in [5.41, 5.74) is 6.73. The van der Waals surface area contributed by atoms with Gasteiger partial charge in [-0.05, 0) is 39.8 Å². The molecule has 0 atom stereocenters. The smallest absolute Gasteiger partial charge is 0.465 e. The Morgan fingerprint density at radius 1 is 1.20 bits per heavy atom. The van der Waals surface area contributed by atoms with Crippen LogP contribution in [0, 0.1) is 0 Å². The van der Waals surface area contributed by atoms with E-state index >= 15 is 0 Å². The van der Waals surface area contributed by atoms with Crippen LogP contribution >= 0.6 is 0 Å². The van der Waals surface area contributed by atoms with Gasteiger partial charge in [-0.1, -0.05) is 6.07 Å². The Bertz CT molecular complexity index is 526. The van der Waals surface area contributed by atoms with Crippen molar-refractivity contribution in [2.45, 2.75) is 38.9 Å². The molecule has 1 aliphatic rings. The third kappa shape index (κ3) is 2.41. The van der Waals surface area contributed by atoms with Crippen molar-refractivity contribution in [3.63, 3.8) is 0 Å². The highest BCUT2D eigenvalue weighted by molar-refractivity contribution is 6.63. The maximum atomic E-state index is 11.5. The summed E-state index contributed by atoms with van der Waals surface area (Å²) in [6.07, 6.45) is 0. The fourth-order valence-electron chi connectivity index (χ4n) is 2.00. The van der Waals surface area contributed by atoms with Crippen LogP contribution in [0.25, 0.3) is 0 Å². The van der Waals surface area contributed by atoms with Crippen LogP contribution in [0.1, 0.15) is 38.1 Å². The van der Waals surface area contributed by atoms with Gasteiger partial charge in [-0.3, -0.25) is 0 Å². The minimum Gasteiger partial charge on any atom is -0.465 e. The first kappa shape index (κ1) is 14.9. The molecular weight excluding hydrogens is 257 g/mol. The van der Waals surface area contributed by atoms with Gasteiger partial charge < -0.3 is 19.8 Å². The Kier molecular flexibility index (Phi) is 3.56. The van der Waals surface area contributed by atoms with Crippen molar-refractivity contribution in [3.05, 3.63) is 23.8 Å². The van der Waals surface area contributed by atoms with E-state index in [4.69, 9.17) is 15.0 Å². The molecule has 0 spiro atoms. The van der Waals surface area contributed by atoms with Crippen molar-refractivity contribution in [1.82, 2.24) is 0 Å². The van der Waals surface area contributed by atoms with Crippen LogP contribution in [-0.4, -0.2) is 31.4 Å². The van der Waals surface area contributed by atoms with Crippen LogP contribution in [-0.2, 0) is 14.0 Å². The van der Waals surface area contributed by atoms with Gasteiger partial charge >= 0.3 is 13.1 Å². The molecule has 1 saturated heterocycles. The molecule has 6 heteroatoms. The van der Waals surface area contributed by atoms with Gasteiger partial charge in [0.2, 0.25) is 0 Å². The average Bonchev–Trinajstić information content (AvgIpc) is 2.57. The van der Waals surface area contributed by atoms with Crippen molar-refractivity contribution in [3.8, 4) is 0 Å². The Morgan fingerprint density at radius 2 is 1.75 bits per heavy atom. The monoisotopic (exact) mass is 277 g/mol. The Balaban J connectivity index is 2.30. The van der Waals surface area contributed by atoms with E-state index in [-0.39, 0.29) is 0 Å². The predicted octanol–water partition coefficient (Wildman–Crippen LogP) is 1.35. The van der Waals surface area contributed by atoms with Gasteiger partial charge in [-0.2, -0.15) is 0 Å². The molecule has 0 unspecified atom stereocenters. The quantitative estimate of drug-likeness (QED) is 0.502. The lowest BCUT2D eigenvalue weighted by atomic mass is 9.77. The third-order valence-electron chi connectivity index (χ3n) is 4.02. The molecule has 1 fully saturated rings. The molecule has 5 nitrogen and oxygen atoms in total. The van der Waals surface area contributed by atoms with Gasteiger partial charge in [0.05, 0.1) is 23.9 Å². The molecule has 0 bridgehead atoms. The van der Waals surface area contributed by atoms with E-state index in [0.717, 1.165) is 5.46 Å². The molecule has 0 aliphatic carbocycles. The summed E-state index contributed by atoms with van der Waals surface area (Å²) in [5.74, 6) is -0.419. The van der Waals surface area contributed by atoms with Crippen molar-refractivity contribution >= 4 is 24.2 Å². The predicted molar refractivity (Wildman–Crippen MR) is 77.9 cm³/mol. The number of carbonyl (C=O) groups excluding carboxylic acids is 1. The molecule has 0 radical (unpaired) electrons. The number of rotatable bonds is 2. The van der Waals surface area contributed by atoms with Crippen LogP contribution in [0.4, 0.5) is 5.69 Å². The van der Waals surface area contributed by atoms with E-state index in [1.807, 2.05) is 27.7 Å². The highest BCUT2D eigenvalue weighted by Gasteiger charge is 2.52. The summed E-state index contributed by atoms with van der Waals surface area (Å²) >= 11 is 0. The van der Waals surface area contributed by atoms with Gasteiger partial charge in [-0.15, -0.1) is 0 Å². The molecule has 1 aromatic rings. The highest BCUT2D eigenvalue weighted by atomic mass is 16.7. The first-order valence-electron chi connectivity index (χ1n) is 6.51. The number of anilines is 1. The van der Waals surface area contributed by atoms with Crippen LogP contribution in [0.5, 0.6) is 0 Å². The van der Waals surface area contributed by atoms with Crippen molar-refractivity contribution in [2.75, 3.05) is 12.8 Å². The minimum atomic E-state index is -0.535. The molecule has 1 heterocycles. The molecule has 1 aliphatic heterocycles. The van der Waals surface area contributed by atoms with E-state index in [1.165, 1.54) is 7.11 Å². The zero-order valence-electron chi connectivity index (χ0n) is 12.5. The van der Waals surface area contributed by atoms with Crippen molar-refractivity contribution < 1.29 is 18.8 Å². The summed E-state index contributed by atoms with van der Waals surface area (Å²) < 4.78 is 16.5. The molecule has 20 heavy (non-hydrogen) atoms. The van der Waals surface area contributed by atoms with Crippen LogP contribution in [0.2, 0.25) is 0 Å². The second-order valence-corrected chi connectivity index (χ2v) is 5.92. The van der Waals surface area contributed by atoms with E-state index in [1.54, 1.807) is 18.2 Å². The number of hydrogen-bond acceptors (Lipinski definition) is 5. The zero-order chi connectivity index (χ0) is 15.1. The fourth-order valence-corrected chi connectivity index (χ4v) is 2.00. The van der Waals surface area contributed by atoms with Crippen molar-refractivity contribution in [1.29, 1.82) is 0 Å². The maximum absolute atomic E-state index is 11.5. The normalized spacial score (nSPS) is 19.9. The van der Waals surface area contributed by atoms with Gasteiger partial charge in [0.25, 0.3) is 0 Å². The van der Waals surface area contributed by atoms with E-state index in [2.05, 4.69) is 4.74 Å². The molecular formula is C14H20BNO4. The van der Waals surface area contributed by atoms with E-state index in [9.17, 15) is 4.79 Å². The van der Waals surface area contributed by atoms with Gasteiger partial charge in [0.15, 0.2) is 0 Å². The Labute approximate surface area is 119 Å². The SMILES string of the molecule is COC(=O)c1ccc(B2OC(C)(C)C(C)(C)O2)c(N)c1. The highest BCUT2D eigenvalue weighted by Crippen LogP contribution is 2.36. The standard InChI is InChI=1S/C14H20BNO4/c1-13(2)14(3,4)20-15(19-13)10-7-6-9(8-11(10)16)12(17)18-5/h6-8H,16H2,1-5H3. The first-order chi connectivity index (χ1) is 9.18. The first-order valence-corrected chi connectivity index (χ1v) is 6.51. The number of methoxy groups -OCH3 is 1. The topological polar surface area (TPSA) is 70.8 Å². The largest absolute Gasteiger partial charge is 0.496 e. The van der Waals surface area contributed by atoms with Crippen LogP contribution in [0.15, 0.2) is 18.2 Å². The van der Waals surface area contributed by atoms with E-state index in [0.29, 0.717) is 11.3 Å². The number of ether oxygens (including phenoxy) is 1. The Morgan fingerprint density at radius 3 is 2.20 bits per heavy atom. The minimum absolute atomic E-state index is 0.408. The fraction of sp³-hybridized carbons (Fsp3) is 0.500. The number of hydrogen-bond donors (Lipinski definition) is 1. The van der Waals surface area contributed by atoms with Crippen LogP contribution in [0.3, 0.4) is 0 Å². The summed E-state index contributed by atoms with van der Waals surface area (Å²) in [5, 5.41) is 0. The number of nitrogens with two attached hydrogens (primary N) is 1. The summed E-state index contributed by atoms with van der Waals surface area (Å²) in [6.45, 7) is 7.91. The second-order valence-electron chi connectivity index (χ2n) is 5.92. The average molecular weight is 277 g/mol. The number of benzene rings is 1. The lowest BCUT2D eigenvalue weighted by Gasteiger charge is -2.32. The molecule has 2 rings (SSSR count). The lowest BCUT2D eigenvalue weighted by Crippen LogP contribution is -2.41. The molecule has 108 valence electrons. The molecule has 0 aromatic heterocycles. The maximum Gasteiger partial charge on any atom is 0.496 e. The Hall–Kier alpha value is -1.53. The van der Waals surface area contributed by atoms with Gasteiger partial charge in [0.1, 0.15) is 0 Å². The summed E-state index contributed by atoms with van der Waals surface area (Å²) in [4.78, 5) is 11.5. The molecule has 0 amide bonds. The molecule has 1 aromatic carbocycles. The zero-order valence-corrected chi connectivity index (χ0v) is 12.5. The lowest BCUT2D eigenvalue weighted by molar-refractivity contribution is 0.00578. The number of esters is 1. The second kappa shape index (κ2) is 4.79. The van der Waals surface area contributed by atoms with Gasteiger partial charge in [-0.25, -0.2) is 4.79 Å². The van der Waals surface area contributed by atoms with Crippen molar-refractivity contribution in [2.24, 2.45) is 0 Å². The number of carbonyl (C=O) groups is 1. The molecule has 2 N–H and O–H groups in total. The third-order valence-corrected chi connectivity index (χ3v) is 4.02. The van der Waals surface area contributed by atoms with E-state index < -0.39 is 24.3 Å².